The molecule has 0 atom stereocenters. The summed E-state index contributed by atoms with van der Waals surface area (Å²) < 4.78 is 5.79. The molecule has 1 heterocycles. The smallest absolute Gasteiger partial charge is 0.149 e. The second-order valence-electron chi connectivity index (χ2n) is 5.40. The van der Waals surface area contributed by atoms with E-state index in [0.717, 1.165) is 22.6 Å². The monoisotopic (exact) mass is 317 g/mol. The van der Waals surface area contributed by atoms with Gasteiger partial charge < -0.3 is 10.5 Å². The zero-order chi connectivity index (χ0) is 16.8. The quantitative estimate of drug-likeness (QED) is 0.710. The second kappa shape index (κ2) is 7.42. The predicted octanol–water partition coefficient (Wildman–Crippen LogP) is 4.38. The van der Waals surface area contributed by atoms with Crippen LogP contribution in [0.1, 0.15) is 18.1 Å². The molecule has 0 bridgehead atoms. The summed E-state index contributed by atoms with van der Waals surface area (Å²) in [5, 5.41) is 0. The molecule has 120 valence electrons. The molecule has 24 heavy (non-hydrogen) atoms. The highest BCUT2D eigenvalue weighted by Crippen LogP contribution is 2.20. The average molecular weight is 317 g/mol. The Morgan fingerprint density at radius 3 is 2.46 bits per heavy atom. The van der Waals surface area contributed by atoms with Crippen LogP contribution >= 0.6 is 0 Å². The fourth-order valence-electron chi connectivity index (χ4n) is 2.28. The number of nitrogen functional groups attached to an aromatic ring is 1. The lowest BCUT2D eigenvalue weighted by molar-refractivity contribution is 0.306. The van der Waals surface area contributed by atoms with Gasteiger partial charge in [-0.1, -0.05) is 30.3 Å². The van der Waals surface area contributed by atoms with Gasteiger partial charge in [-0.15, -0.1) is 0 Å². The summed E-state index contributed by atoms with van der Waals surface area (Å²) in [5.41, 5.74) is 9.55. The summed E-state index contributed by atoms with van der Waals surface area (Å²) in [5.74, 6) is 1.26. The van der Waals surface area contributed by atoms with E-state index in [9.17, 15) is 0 Å². The molecule has 1 aromatic heterocycles. The highest BCUT2D eigenvalue weighted by molar-refractivity contribution is 6.00. The number of aromatic nitrogens is 1. The lowest BCUT2D eigenvalue weighted by atomic mass is 10.1. The van der Waals surface area contributed by atoms with E-state index < -0.39 is 0 Å². The van der Waals surface area contributed by atoms with Gasteiger partial charge in [0.1, 0.15) is 23.9 Å². The molecule has 0 radical (unpaired) electrons. The largest absolute Gasteiger partial charge is 0.489 e. The highest BCUT2D eigenvalue weighted by atomic mass is 16.5. The molecule has 3 aromatic rings. The molecule has 0 saturated carbocycles. The van der Waals surface area contributed by atoms with Crippen LogP contribution in [0.4, 0.5) is 11.5 Å². The minimum Gasteiger partial charge on any atom is -0.489 e. The van der Waals surface area contributed by atoms with Crippen LogP contribution in [0, 0.1) is 0 Å². The maximum atomic E-state index is 5.83. The molecule has 3 rings (SSSR count). The fourth-order valence-corrected chi connectivity index (χ4v) is 2.28. The van der Waals surface area contributed by atoms with Crippen molar-refractivity contribution in [3.63, 3.8) is 0 Å². The van der Waals surface area contributed by atoms with Crippen molar-refractivity contribution in [2.75, 3.05) is 5.73 Å². The van der Waals surface area contributed by atoms with Crippen molar-refractivity contribution in [3.05, 3.63) is 84.1 Å². The highest BCUT2D eigenvalue weighted by Gasteiger charge is 2.02. The zero-order valence-electron chi connectivity index (χ0n) is 13.5. The van der Waals surface area contributed by atoms with Crippen LogP contribution in [0.2, 0.25) is 0 Å². The van der Waals surface area contributed by atoms with Gasteiger partial charge in [0.05, 0.1) is 0 Å². The van der Waals surface area contributed by atoms with Gasteiger partial charge in [-0.25, -0.2) is 9.98 Å². The van der Waals surface area contributed by atoms with Crippen molar-refractivity contribution in [1.82, 2.24) is 4.98 Å². The minimum atomic E-state index is 0.430. The van der Waals surface area contributed by atoms with Crippen LogP contribution in [-0.4, -0.2) is 10.7 Å². The lowest BCUT2D eigenvalue weighted by Gasteiger charge is -2.08. The van der Waals surface area contributed by atoms with E-state index in [2.05, 4.69) is 9.98 Å². The summed E-state index contributed by atoms with van der Waals surface area (Å²) >= 11 is 0. The van der Waals surface area contributed by atoms with E-state index in [1.54, 1.807) is 6.20 Å². The minimum absolute atomic E-state index is 0.430. The first-order valence-corrected chi connectivity index (χ1v) is 7.75. The number of benzene rings is 2. The molecule has 2 aromatic carbocycles. The SMILES string of the molecule is CC(=Nc1cccnc1N)c1ccc(OCc2ccccc2)cc1. The van der Waals surface area contributed by atoms with Crippen LogP contribution < -0.4 is 10.5 Å². The summed E-state index contributed by atoms with van der Waals surface area (Å²) in [6.45, 7) is 2.51. The van der Waals surface area contributed by atoms with Gasteiger partial charge in [-0.05, 0) is 54.4 Å². The van der Waals surface area contributed by atoms with E-state index in [1.807, 2.05) is 73.7 Å². The fraction of sp³-hybridized carbons (Fsp3) is 0.100. The number of hydrogen-bond acceptors (Lipinski definition) is 4. The number of ether oxygens (including phenoxy) is 1. The first-order chi connectivity index (χ1) is 11.7. The molecule has 0 fully saturated rings. The van der Waals surface area contributed by atoms with Crippen LogP contribution in [0.15, 0.2) is 77.9 Å². The van der Waals surface area contributed by atoms with Crippen LogP contribution in [-0.2, 0) is 6.61 Å². The Balaban J connectivity index is 1.69. The Kier molecular flexibility index (Phi) is 4.87. The van der Waals surface area contributed by atoms with Crippen molar-refractivity contribution in [1.29, 1.82) is 0 Å². The number of nitrogens with zero attached hydrogens (tertiary/aromatic N) is 2. The lowest BCUT2D eigenvalue weighted by Crippen LogP contribution is -1.98. The van der Waals surface area contributed by atoms with Gasteiger partial charge >= 0.3 is 0 Å². The third kappa shape index (κ3) is 3.98. The van der Waals surface area contributed by atoms with E-state index >= 15 is 0 Å². The summed E-state index contributed by atoms with van der Waals surface area (Å²) in [7, 11) is 0. The number of hydrogen-bond donors (Lipinski definition) is 1. The molecule has 0 aliphatic carbocycles. The predicted molar refractivity (Wildman–Crippen MR) is 97.7 cm³/mol. The standard InChI is InChI=1S/C20H19N3O/c1-15(23-19-8-5-13-22-20(19)21)17-9-11-18(12-10-17)24-14-16-6-3-2-4-7-16/h2-13H,14H2,1H3,(H2,21,22). The second-order valence-corrected chi connectivity index (χ2v) is 5.40. The first kappa shape index (κ1) is 15.7. The van der Waals surface area contributed by atoms with Crippen molar-refractivity contribution in [2.24, 2.45) is 4.99 Å². The molecule has 0 unspecified atom stereocenters. The van der Waals surface area contributed by atoms with E-state index in [4.69, 9.17) is 10.5 Å². The molecule has 0 amide bonds. The third-order valence-corrected chi connectivity index (χ3v) is 3.62. The Bertz CT molecular complexity index is 827. The maximum Gasteiger partial charge on any atom is 0.149 e. The number of aliphatic imine (C=N–C) groups is 1. The Morgan fingerprint density at radius 1 is 1.00 bits per heavy atom. The van der Waals surface area contributed by atoms with Gasteiger partial charge in [-0.3, -0.25) is 0 Å². The molecule has 2 N–H and O–H groups in total. The van der Waals surface area contributed by atoms with Gasteiger partial charge in [0, 0.05) is 11.9 Å². The summed E-state index contributed by atoms with van der Waals surface area (Å²) in [4.78, 5) is 8.58. The number of anilines is 1. The van der Waals surface area contributed by atoms with Crippen molar-refractivity contribution < 1.29 is 4.74 Å². The van der Waals surface area contributed by atoms with Gasteiger partial charge in [0.25, 0.3) is 0 Å². The molecule has 0 aliphatic rings. The first-order valence-electron chi connectivity index (χ1n) is 7.75. The van der Waals surface area contributed by atoms with E-state index in [0.29, 0.717) is 18.1 Å². The van der Waals surface area contributed by atoms with Crippen molar-refractivity contribution >= 4 is 17.2 Å². The third-order valence-electron chi connectivity index (χ3n) is 3.62. The Hall–Kier alpha value is -3.14. The molecule has 0 aliphatic heterocycles. The van der Waals surface area contributed by atoms with Crippen LogP contribution in [0.25, 0.3) is 0 Å². The van der Waals surface area contributed by atoms with Gasteiger partial charge in [0.15, 0.2) is 0 Å². The summed E-state index contributed by atoms with van der Waals surface area (Å²) in [6, 6.07) is 21.7. The summed E-state index contributed by atoms with van der Waals surface area (Å²) in [6.07, 6.45) is 1.66. The molecular formula is C20H19N3O. The Labute approximate surface area is 141 Å². The zero-order valence-corrected chi connectivity index (χ0v) is 13.5. The topological polar surface area (TPSA) is 60.5 Å². The van der Waals surface area contributed by atoms with E-state index in [1.165, 1.54) is 0 Å². The number of pyridine rings is 1. The Morgan fingerprint density at radius 2 is 1.75 bits per heavy atom. The van der Waals surface area contributed by atoms with Crippen LogP contribution in [0.3, 0.4) is 0 Å². The van der Waals surface area contributed by atoms with Gasteiger partial charge in [-0.2, -0.15) is 0 Å². The van der Waals surface area contributed by atoms with Crippen LogP contribution in [0.5, 0.6) is 5.75 Å². The number of nitrogens with two attached hydrogens (primary N) is 1. The van der Waals surface area contributed by atoms with Gasteiger partial charge in [0.2, 0.25) is 0 Å². The number of rotatable bonds is 5. The van der Waals surface area contributed by atoms with E-state index in [-0.39, 0.29) is 0 Å². The van der Waals surface area contributed by atoms with Crippen molar-refractivity contribution in [3.8, 4) is 5.75 Å². The molecule has 4 heteroatoms. The van der Waals surface area contributed by atoms with Crippen molar-refractivity contribution in [2.45, 2.75) is 13.5 Å². The normalized spacial score (nSPS) is 11.3. The molecular weight excluding hydrogens is 298 g/mol. The average Bonchev–Trinajstić information content (AvgIpc) is 2.63. The molecule has 4 nitrogen and oxygen atoms in total. The maximum absolute atomic E-state index is 5.83. The molecule has 0 saturated heterocycles. The molecule has 0 spiro atoms.